The van der Waals surface area contributed by atoms with Gasteiger partial charge in [-0.3, -0.25) is 4.79 Å². The van der Waals surface area contributed by atoms with Crippen molar-refractivity contribution in [2.45, 2.75) is 77.0 Å². The molecule has 0 fully saturated rings. The first-order valence-electron chi connectivity index (χ1n) is 10.6. The summed E-state index contributed by atoms with van der Waals surface area (Å²) in [4.78, 5) is 12.3. The third kappa shape index (κ3) is 7.60. The summed E-state index contributed by atoms with van der Waals surface area (Å²) >= 11 is 12.0. The maximum atomic E-state index is 12.3. The summed E-state index contributed by atoms with van der Waals surface area (Å²) < 4.78 is 0. The highest BCUT2D eigenvalue weighted by atomic mass is 35.5. The van der Waals surface area contributed by atoms with Crippen LogP contribution in [0.15, 0.2) is 48.5 Å². The Balaban J connectivity index is 1.70. The van der Waals surface area contributed by atoms with Crippen molar-refractivity contribution in [1.82, 2.24) is 0 Å². The third-order valence-corrected chi connectivity index (χ3v) is 6.19. The van der Waals surface area contributed by atoms with Gasteiger partial charge in [0.1, 0.15) is 5.78 Å². The van der Waals surface area contributed by atoms with Crippen molar-refractivity contribution in [2.75, 3.05) is 0 Å². The molecule has 2 aromatic carbocycles. The van der Waals surface area contributed by atoms with Crippen molar-refractivity contribution in [3.05, 3.63) is 69.7 Å². The molecule has 1 nitrogen and oxygen atoms in total. The minimum absolute atomic E-state index is 0.400. The Hall–Kier alpha value is -1.31. The topological polar surface area (TPSA) is 17.1 Å². The van der Waals surface area contributed by atoms with E-state index in [0.717, 1.165) is 48.6 Å². The van der Waals surface area contributed by atoms with Crippen LogP contribution in [0.1, 0.15) is 88.2 Å². The smallest absolute Gasteiger partial charge is 0.132 e. The molecule has 0 aliphatic rings. The van der Waals surface area contributed by atoms with Gasteiger partial charge in [0.05, 0.1) is 0 Å². The average molecular weight is 419 g/mol. The number of hydrogen-bond donors (Lipinski definition) is 0. The Morgan fingerprint density at radius 1 is 0.714 bits per heavy atom. The molecular formula is C25H32Cl2O. The molecule has 2 atom stereocenters. The maximum absolute atomic E-state index is 12.3. The van der Waals surface area contributed by atoms with Crippen LogP contribution in [0.4, 0.5) is 0 Å². The van der Waals surface area contributed by atoms with E-state index < -0.39 is 0 Å². The zero-order valence-electron chi connectivity index (χ0n) is 17.1. The molecule has 0 aromatic heterocycles. The Morgan fingerprint density at radius 2 is 1.07 bits per heavy atom. The van der Waals surface area contributed by atoms with Crippen molar-refractivity contribution in [3.8, 4) is 0 Å². The average Bonchev–Trinajstić information content (AvgIpc) is 2.70. The zero-order valence-corrected chi connectivity index (χ0v) is 18.6. The fourth-order valence-corrected chi connectivity index (χ4v) is 4.15. The van der Waals surface area contributed by atoms with E-state index >= 15 is 0 Å². The second-order valence-corrected chi connectivity index (χ2v) is 8.51. The lowest BCUT2D eigenvalue weighted by Crippen LogP contribution is -2.03. The standard InChI is InChI=1S/C25H32Cl2O/c1-3-19(21-11-15-23(26)16-12-21)7-5-9-25(28)10-6-8-20(4-2)22-13-17-24(27)18-14-22/h11-20H,3-10H2,1-2H3. The molecule has 3 heteroatoms. The molecule has 28 heavy (non-hydrogen) atoms. The normalized spacial score (nSPS) is 13.3. The number of Topliss-reactive ketones (excluding diaryl/α,β-unsaturated/α-hetero) is 1. The van der Waals surface area contributed by atoms with Gasteiger partial charge >= 0.3 is 0 Å². The highest BCUT2D eigenvalue weighted by Crippen LogP contribution is 2.28. The quantitative estimate of drug-likeness (QED) is 0.337. The van der Waals surface area contributed by atoms with E-state index in [1.54, 1.807) is 0 Å². The Morgan fingerprint density at radius 3 is 1.39 bits per heavy atom. The molecule has 0 saturated carbocycles. The summed E-state index contributed by atoms with van der Waals surface area (Å²) in [6, 6.07) is 16.3. The number of halogens is 2. The van der Waals surface area contributed by atoms with Crippen LogP contribution in [0, 0.1) is 0 Å². The summed E-state index contributed by atoms with van der Waals surface area (Å²) in [7, 11) is 0. The van der Waals surface area contributed by atoms with E-state index in [9.17, 15) is 4.79 Å². The van der Waals surface area contributed by atoms with Gasteiger partial charge in [0.25, 0.3) is 0 Å². The van der Waals surface area contributed by atoms with Gasteiger partial charge in [-0.15, -0.1) is 0 Å². The van der Waals surface area contributed by atoms with Gasteiger partial charge in [-0.1, -0.05) is 61.3 Å². The van der Waals surface area contributed by atoms with Crippen LogP contribution >= 0.6 is 23.2 Å². The van der Waals surface area contributed by atoms with Gasteiger partial charge in [-0.05, 0) is 85.8 Å². The Labute approximate surface area is 180 Å². The number of hydrogen-bond acceptors (Lipinski definition) is 1. The first kappa shape index (κ1) is 23.0. The lowest BCUT2D eigenvalue weighted by Gasteiger charge is -2.16. The maximum Gasteiger partial charge on any atom is 0.132 e. The molecule has 152 valence electrons. The zero-order chi connectivity index (χ0) is 20.4. The van der Waals surface area contributed by atoms with Crippen molar-refractivity contribution in [2.24, 2.45) is 0 Å². The molecular weight excluding hydrogens is 387 g/mol. The first-order chi connectivity index (χ1) is 13.5. The van der Waals surface area contributed by atoms with Crippen molar-refractivity contribution in [1.29, 1.82) is 0 Å². The van der Waals surface area contributed by atoms with Crippen LogP contribution in [-0.4, -0.2) is 5.78 Å². The summed E-state index contributed by atoms with van der Waals surface area (Å²) in [6.45, 7) is 4.42. The summed E-state index contributed by atoms with van der Waals surface area (Å²) in [5.74, 6) is 1.43. The second kappa shape index (κ2) is 12.3. The summed E-state index contributed by atoms with van der Waals surface area (Å²) in [5.41, 5.74) is 2.65. The number of carbonyl (C=O) groups excluding carboxylic acids is 1. The number of rotatable bonds is 12. The van der Waals surface area contributed by atoms with Crippen LogP contribution in [-0.2, 0) is 4.79 Å². The molecule has 2 aromatic rings. The van der Waals surface area contributed by atoms with E-state index in [1.165, 1.54) is 11.1 Å². The largest absolute Gasteiger partial charge is 0.300 e. The predicted molar refractivity (Wildman–Crippen MR) is 122 cm³/mol. The number of benzene rings is 2. The van der Waals surface area contributed by atoms with Gasteiger partial charge in [0.15, 0.2) is 0 Å². The molecule has 0 heterocycles. The third-order valence-electron chi connectivity index (χ3n) is 5.68. The lowest BCUT2D eigenvalue weighted by molar-refractivity contribution is -0.119. The summed E-state index contributed by atoms with van der Waals surface area (Å²) in [6.07, 6.45) is 7.63. The van der Waals surface area contributed by atoms with Crippen molar-refractivity contribution >= 4 is 29.0 Å². The van der Waals surface area contributed by atoms with Crippen molar-refractivity contribution in [3.63, 3.8) is 0 Å². The monoisotopic (exact) mass is 418 g/mol. The van der Waals surface area contributed by atoms with E-state index in [2.05, 4.69) is 38.1 Å². The Kier molecular flexibility index (Phi) is 10.1. The highest BCUT2D eigenvalue weighted by Gasteiger charge is 2.13. The second-order valence-electron chi connectivity index (χ2n) is 7.64. The molecule has 0 saturated heterocycles. The molecule has 0 aliphatic carbocycles. The van der Waals surface area contributed by atoms with Crippen LogP contribution in [0.25, 0.3) is 0 Å². The van der Waals surface area contributed by atoms with Gasteiger partial charge in [-0.2, -0.15) is 0 Å². The molecule has 0 N–H and O–H groups in total. The van der Waals surface area contributed by atoms with E-state index in [-0.39, 0.29) is 0 Å². The fourth-order valence-electron chi connectivity index (χ4n) is 3.90. The van der Waals surface area contributed by atoms with Gasteiger partial charge in [0, 0.05) is 22.9 Å². The van der Waals surface area contributed by atoms with E-state index in [4.69, 9.17) is 23.2 Å². The highest BCUT2D eigenvalue weighted by molar-refractivity contribution is 6.30. The lowest BCUT2D eigenvalue weighted by atomic mass is 9.89. The van der Waals surface area contributed by atoms with Crippen LogP contribution < -0.4 is 0 Å². The van der Waals surface area contributed by atoms with Gasteiger partial charge in [-0.25, -0.2) is 0 Å². The van der Waals surface area contributed by atoms with Crippen molar-refractivity contribution < 1.29 is 4.79 Å². The molecule has 0 aliphatic heterocycles. The van der Waals surface area contributed by atoms with E-state index in [1.807, 2.05) is 24.3 Å². The number of ketones is 1. The van der Waals surface area contributed by atoms with Gasteiger partial charge < -0.3 is 0 Å². The molecule has 0 radical (unpaired) electrons. The molecule has 0 amide bonds. The number of carbonyl (C=O) groups is 1. The Bertz CT molecular complexity index is 645. The minimum atomic E-state index is 0.400. The first-order valence-corrected chi connectivity index (χ1v) is 11.3. The SMILES string of the molecule is CCC(CCCC(=O)CCCC(CC)c1ccc(Cl)cc1)c1ccc(Cl)cc1. The minimum Gasteiger partial charge on any atom is -0.300 e. The predicted octanol–water partition coefficient (Wildman–Crippen LogP) is 8.59. The molecule has 2 rings (SSSR count). The summed E-state index contributed by atoms with van der Waals surface area (Å²) in [5, 5.41) is 1.55. The van der Waals surface area contributed by atoms with Crippen LogP contribution in [0.3, 0.4) is 0 Å². The molecule has 0 bridgehead atoms. The fraction of sp³-hybridized carbons (Fsp3) is 0.480. The van der Waals surface area contributed by atoms with Crippen LogP contribution in [0.5, 0.6) is 0 Å². The van der Waals surface area contributed by atoms with Gasteiger partial charge in [0.2, 0.25) is 0 Å². The van der Waals surface area contributed by atoms with E-state index in [0.29, 0.717) is 30.5 Å². The van der Waals surface area contributed by atoms with Crippen LogP contribution in [0.2, 0.25) is 10.0 Å². The molecule has 2 unspecified atom stereocenters. The molecule has 0 spiro atoms.